The molecule has 0 saturated heterocycles. The highest BCUT2D eigenvalue weighted by Crippen LogP contribution is 2.33. The molecule has 114 valence electrons. The summed E-state index contributed by atoms with van der Waals surface area (Å²) in [5.74, 6) is 0. The van der Waals surface area contributed by atoms with Crippen molar-refractivity contribution < 1.29 is 0 Å². The fourth-order valence-corrected chi connectivity index (χ4v) is 3.04. The Kier molecular flexibility index (Phi) is 5.33. The molecule has 0 aliphatic rings. The van der Waals surface area contributed by atoms with E-state index in [0.29, 0.717) is 12.8 Å². The molecule has 0 aliphatic heterocycles. The molecule has 1 aromatic carbocycles. The molecule has 4 atom stereocenters. The minimum absolute atomic E-state index is 0.0375. The minimum atomic E-state index is -0.497. The van der Waals surface area contributed by atoms with Crippen molar-refractivity contribution >= 4 is 0 Å². The van der Waals surface area contributed by atoms with Gasteiger partial charge in [-0.15, -0.1) is 0 Å². The Labute approximate surface area is 122 Å². The minimum Gasteiger partial charge on any atom is -0.328 e. The van der Waals surface area contributed by atoms with Gasteiger partial charge >= 0.3 is 0 Å². The largest absolute Gasteiger partial charge is 0.328 e. The molecule has 0 heterocycles. The van der Waals surface area contributed by atoms with E-state index in [0.717, 1.165) is 11.1 Å². The first-order chi connectivity index (χ1) is 9.06. The Morgan fingerprint density at radius 1 is 0.850 bits per heavy atom. The van der Waals surface area contributed by atoms with E-state index in [-0.39, 0.29) is 12.1 Å². The number of benzene rings is 1. The molecule has 0 fully saturated rings. The zero-order valence-electron chi connectivity index (χ0n) is 13.2. The molecule has 4 nitrogen and oxygen atoms in total. The first-order valence-corrected chi connectivity index (χ1v) is 7.25. The van der Waals surface area contributed by atoms with E-state index in [9.17, 15) is 0 Å². The van der Waals surface area contributed by atoms with Gasteiger partial charge in [-0.2, -0.15) is 0 Å². The first-order valence-electron chi connectivity index (χ1n) is 7.25. The van der Waals surface area contributed by atoms with Crippen LogP contribution in [0.2, 0.25) is 0 Å². The summed E-state index contributed by atoms with van der Waals surface area (Å²) < 4.78 is 0. The highest BCUT2D eigenvalue weighted by atomic mass is 14.8. The fourth-order valence-electron chi connectivity index (χ4n) is 3.04. The van der Waals surface area contributed by atoms with Crippen molar-refractivity contribution in [2.75, 3.05) is 0 Å². The Bertz CT molecular complexity index is 395. The molecule has 4 heteroatoms. The van der Waals surface area contributed by atoms with Crippen LogP contribution < -0.4 is 22.9 Å². The maximum absolute atomic E-state index is 6.50. The summed E-state index contributed by atoms with van der Waals surface area (Å²) in [7, 11) is 0. The summed E-state index contributed by atoms with van der Waals surface area (Å²) in [6.07, 6.45) is 1.41. The monoisotopic (exact) mass is 278 g/mol. The molecule has 1 rings (SSSR count). The van der Waals surface area contributed by atoms with Crippen molar-refractivity contribution in [2.24, 2.45) is 22.9 Å². The first kappa shape index (κ1) is 17.1. The Balaban J connectivity index is 3.23. The maximum atomic E-state index is 6.50. The maximum Gasteiger partial charge on any atom is 0.0399 e. The normalized spacial score (nSPS) is 20.8. The van der Waals surface area contributed by atoms with Crippen molar-refractivity contribution in [1.29, 1.82) is 0 Å². The van der Waals surface area contributed by atoms with Crippen molar-refractivity contribution in [3.8, 4) is 0 Å². The molecule has 0 aromatic heterocycles. The van der Waals surface area contributed by atoms with E-state index in [1.165, 1.54) is 0 Å². The molecule has 20 heavy (non-hydrogen) atoms. The second-order valence-electron chi connectivity index (χ2n) is 6.74. The number of hydrogen-bond acceptors (Lipinski definition) is 4. The van der Waals surface area contributed by atoms with Gasteiger partial charge < -0.3 is 22.9 Å². The van der Waals surface area contributed by atoms with Gasteiger partial charge in [-0.05, 0) is 51.7 Å². The quantitative estimate of drug-likeness (QED) is 0.633. The van der Waals surface area contributed by atoms with Crippen LogP contribution >= 0.6 is 0 Å². The zero-order chi connectivity index (χ0) is 15.6. The second kappa shape index (κ2) is 6.22. The SMILES string of the molecule is CC(N)CC(C)(N)c1ccccc1C(C)(N)CC(C)N. The lowest BCUT2D eigenvalue weighted by Gasteiger charge is -2.36. The molecule has 0 radical (unpaired) electrons. The summed E-state index contributed by atoms with van der Waals surface area (Å²) in [6.45, 7) is 7.96. The smallest absolute Gasteiger partial charge is 0.0399 e. The van der Waals surface area contributed by atoms with Gasteiger partial charge in [0.2, 0.25) is 0 Å². The third-order valence-electron chi connectivity index (χ3n) is 3.65. The standard InChI is InChI=1S/C16H30N4/c1-11(17)9-15(3,19)13-7-5-6-8-14(13)16(4,20)10-12(2)18/h5-8,11-12H,9-10,17-20H2,1-4H3. The Hall–Kier alpha value is -0.940. The van der Waals surface area contributed by atoms with E-state index in [4.69, 9.17) is 22.9 Å². The molecule has 0 aliphatic carbocycles. The van der Waals surface area contributed by atoms with Crippen LogP contribution in [0.5, 0.6) is 0 Å². The van der Waals surface area contributed by atoms with Crippen LogP contribution in [0.3, 0.4) is 0 Å². The van der Waals surface area contributed by atoms with Crippen LogP contribution in [0.1, 0.15) is 51.7 Å². The molecule has 0 bridgehead atoms. The van der Waals surface area contributed by atoms with Gasteiger partial charge in [-0.1, -0.05) is 24.3 Å². The summed E-state index contributed by atoms with van der Waals surface area (Å²) >= 11 is 0. The van der Waals surface area contributed by atoms with Crippen molar-refractivity contribution in [3.05, 3.63) is 35.4 Å². The molecular weight excluding hydrogens is 248 g/mol. The van der Waals surface area contributed by atoms with E-state index < -0.39 is 11.1 Å². The number of hydrogen-bond donors (Lipinski definition) is 4. The molecule has 8 N–H and O–H groups in total. The van der Waals surface area contributed by atoms with Crippen molar-refractivity contribution in [1.82, 2.24) is 0 Å². The van der Waals surface area contributed by atoms with Gasteiger partial charge in [0.25, 0.3) is 0 Å². The van der Waals surface area contributed by atoms with Crippen LogP contribution in [0, 0.1) is 0 Å². The van der Waals surface area contributed by atoms with Gasteiger partial charge in [-0.3, -0.25) is 0 Å². The van der Waals surface area contributed by atoms with Gasteiger partial charge in [0.1, 0.15) is 0 Å². The summed E-state index contributed by atoms with van der Waals surface area (Å²) in [6, 6.07) is 8.15. The average molecular weight is 278 g/mol. The van der Waals surface area contributed by atoms with Gasteiger partial charge in [-0.25, -0.2) is 0 Å². The lowest BCUT2D eigenvalue weighted by Crippen LogP contribution is -2.44. The fraction of sp³-hybridized carbons (Fsp3) is 0.625. The predicted molar refractivity (Wildman–Crippen MR) is 86.1 cm³/mol. The Morgan fingerprint density at radius 3 is 1.40 bits per heavy atom. The van der Waals surface area contributed by atoms with Gasteiger partial charge in [0, 0.05) is 23.2 Å². The van der Waals surface area contributed by atoms with Gasteiger partial charge in [0.15, 0.2) is 0 Å². The topological polar surface area (TPSA) is 104 Å². The molecular formula is C16H30N4. The average Bonchev–Trinajstić information content (AvgIpc) is 2.25. The molecule has 0 spiro atoms. The molecule has 1 aromatic rings. The zero-order valence-corrected chi connectivity index (χ0v) is 13.2. The van der Waals surface area contributed by atoms with Gasteiger partial charge in [0.05, 0.1) is 0 Å². The van der Waals surface area contributed by atoms with Crippen LogP contribution in [-0.2, 0) is 11.1 Å². The summed E-state index contributed by atoms with van der Waals surface area (Å²) in [5, 5.41) is 0. The van der Waals surface area contributed by atoms with E-state index in [1.807, 2.05) is 52.0 Å². The van der Waals surface area contributed by atoms with Crippen LogP contribution in [-0.4, -0.2) is 12.1 Å². The highest BCUT2D eigenvalue weighted by molar-refractivity contribution is 5.38. The van der Waals surface area contributed by atoms with E-state index in [2.05, 4.69) is 0 Å². The lowest BCUT2D eigenvalue weighted by atomic mass is 9.76. The lowest BCUT2D eigenvalue weighted by molar-refractivity contribution is 0.376. The number of rotatable bonds is 6. The highest BCUT2D eigenvalue weighted by Gasteiger charge is 2.32. The third-order valence-corrected chi connectivity index (χ3v) is 3.65. The van der Waals surface area contributed by atoms with E-state index in [1.54, 1.807) is 0 Å². The molecule has 0 amide bonds. The van der Waals surface area contributed by atoms with Crippen molar-refractivity contribution in [2.45, 2.75) is 63.7 Å². The second-order valence-corrected chi connectivity index (χ2v) is 6.74. The van der Waals surface area contributed by atoms with Crippen LogP contribution in [0.25, 0.3) is 0 Å². The van der Waals surface area contributed by atoms with Crippen LogP contribution in [0.15, 0.2) is 24.3 Å². The number of nitrogens with two attached hydrogens (primary N) is 4. The predicted octanol–water partition coefficient (Wildman–Crippen LogP) is 1.51. The molecule has 4 unspecified atom stereocenters. The van der Waals surface area contributed by atoms with E-state index >= 15 is 0 Å². The Morgan fingerprint density at radius 2 is 1.15 bits per heavy atom. The third kappa shape index (κ3) is 4.28. The van der Waals surface area contributed by atoms with Crippen molar-refractivity contribution in [3.63, 3.8) is 0 Å². The van der Waals surface area contributed by atoms with Crippen LogP contribution in [0.4, 0.5) is 0 Å². The summed E-state index contributed by atoms with van der Waals surface area (Å²) in [4.78, 5) is 0. The molecule has 0 saturated carbocycles. The summed E-state index contributed by atoms with van der Waals surface area (Å²) in [5.41, 5.74) is 26.0.